The van der Waals surface area contributed by atoms with Crippen molar-refractivity contribution in [2.75, 3.05) is 13.2 Å². The Balaban J connectivity index is 1.99. The van der Waals surface area contributed by atoms with Crippen LogP contribution in [0.2, 0.25) is 0 Å². The minimum absolute atomic E-state index is 0.000185. The maximum absolute atomic E-state index is 12.4. The van der Waals surface area contributed by atoms with Gasteiger partial charge in [-0.3, -0.25) is 9.36 Å². The molecule has 0 fully saturated rings. The molecule has 0 aliphatic heterocycles. The van der Waals surface area contributed by atoms with Crippen LogP contribution in [0.3, 0.4) is 0 Å². The number of carbonyl (C=O) groups excluding carboxylic acids is 1. The van der Waals surface area contributed by atoms with E-state index in [1.165, 1.54) is 11.8 Å². The molecule has 3 aromatic rings. The largest absolute Gasteiger partial charge is 0.494 e. The Morgan fingerprint density at radius 2 is 1.93 bits per heavy atom. The number of nitrogens with zero attached hydrogens (tertiary/aromatic N) is 3. The molecule has 0 aliphatic rings. The third-order valence-electron chi connectivity index (χ3n) is 4.52. The van der Waals surface area contributed by atoms with E-state index >= 15 is 0 Å². The van der Waals surface area contributed by atoms with Gasteiger partial charge in [0.05, 0.1) is 11.9 Å². The van der Waals surface area contributed by atoms with Crippen LogP contribution in [0.4, 0.5) is 0 Å². The summed E-state index contributed by atoms with van der Waals surface area (Å²) in [7, 11) is 0. The zero-order valence-electron chi connectivity index (χ0n) is 17.9. The van der Waals surface area contributed by atoms with Crippen molar-refractivity contribution in [2.45, 2.75) is 44.5 Å². The summed E-state index contributed by atoms with van der Waals surface area (Å²) in [6, 6.07) is 16.0. The van der Waals surface area contributed by atoms with E-state index in [4.69, 9.17) is 4.74 Å². The minimum atomic E-state index is -0.285. The van der Waals surface area contributed by atoms with Gasteiger partial charge in [-0.1, -0.05) is 42.4 Å². The Morgan fingerprint density at radius 3 is 2.60 bits per heavy atom. The van der Waals surface area contributed by atoms with E-state index < -0.39 is 0 Å². The molecule has 1 atom stereocenters. The lowest BCUT2D eigenvalue weighted by atomic mass is 10.1. The summed E-state index contributed by atoms with van der Waals surface area (Å²) in [4.78, 5) is 12.4. The predicted molar refractivity (Wildman–Crippen MR) is 121 cm³/mol. The molecular formula is C23H28N4O2S. The number of rotatable bonds is 9. The fraction of sp³-hybridized carbons (Fsp3) is 0.348. The van der Waals surface area contributed by atoms with Gasteiger partial charge >= 0.3 is 0 Å². The van der Waals surface area contributed by atoms with E-state index in [9.17, 15) is 4.79 Å². The molecule has 7 heteroatoms. The molecule has 30 heavy (non-hydrogen) atoms. The second-order valence-electron chi connectivity index (χ2n) is 6.99. The zero-order valence-corrected chi connectivity index (χ0v) is 18.7. The third kappa shape index (κ3) is 5.21. The standard InChI is InChI=1S/C23H28N4O2S/c1-5-14-24-22(28)17(4)30-23-26-25-21(18-9-7-8-16(3)15-18)27(23)19-10-12-20(13-11-19)29-6-2/h7-13,15,17H,5-6,14H2,1-4H3,(H,24,28)/t17-/m1/s1. The highest BCUT2D eigenvalue weighted by Crippen LogP contribution is 2.31. The van der Waals surface area contributed by atoms with E-state index in [1.54, 1.807) is 0 Å². The molecule has 0 aliphatic carbocycles. The Hall–Kier alpha value is -2.80. The van der Waals surface area contributed by atoms with Crippen molar-refractivity contribution < 1.29 is 9.53 Å². The van der Waals surface area contributed by atoms with Crippen molar-refractivity contribution in [2.24, 2.45) is 0 Å². The van der Waals surface area contributed by atoms with Gasteiger partial charge in [0.15, 0.2) is 11.0 Å². The molecule has 6 nitrogen and oxygen atoms in total. The first-order chi connectivity index (χ1) is 14.5. The molecule has 1 heterocycles. The van der Waals surface area contributed by atoms with Crippen LogP contribution in [0.1, 0.15) is 32.8 Å². The molecular weight excluding hydrogens is 396 g/mol. The molecule has 0 unspecified atom stereocenters. The van der Waals surface area contributed by atoms with Gasteiger partial charge < -0.3 is 10.1 Å². The summed E-state index contributed by atoms with van der Waals surface area (Å²) >= 11 is 1.40. The predicted octanol–water partition coefficient (Wildman–Crippen LogP) is 4.65. The summed E-state index contributed by atoms with van der Waals surface area (Å²) in [5.41, 5.74) is 3.05. The summed E-state index contributed by atoms with van der Waals surface area (Å²) in [5.74, 6) is 1.56. The molecule has 0 saturated carbocycles. The number of benzene rings is 2. The summed E-state index contributed by atoms with van der Waals surface area (Å²) in [5, 5.41) is 12.2. The molecule has 0 saturated heterocycles. The fourth-order valence-corrected chi connectivity index (χ4v) is 3.90. The number of carbonyl (C=O) groups is 1. The van der Waals surface area contributed by atoms with Gasteiger partial charge in [0.2, 0.25) is 5.91 Å². The van der Waals surface area contributed by atoms with Crippen molar-refractivity contribution in [3.63, 3.8) is 0 Å². The summed E-state index contributed by atoms with van der Waals surface area (Å²) in [6.07, 6.45) is 0.906. The topological polar surface area (TPSA) is 69.0 Å². The number of aromatic nitrogens is 3. The van der Waals surface area contributed by atoms with E-state index in [0.717, 1.165) is 34.8 Å². The van der Waals surface area contributed by atoms with Gasteiger partial charge in [-0.15, -0.1) is 10.2 Å². The molecule has 1 aromatic heterocycles. The van der Waals surface area contributed by atoms with Crippen molar-refractivity contribution >= 4 is 17.7 Å². The van der Waals surface area contributed by atoms with E-state index in [-0.39, 0.29) is 11.2 Å². The highest BCUT2D eigenvalue weighted by atomic mass is 32.2. The van der Waals surface area contributed by atoms with Gasteiger partial charge in [-0.05, 0) is 57.5 Å². The molecule has 3 rings (SSSR count). The fourth-order valence-electron chi connectivity index (χ4n) is 3.01. The Morgan fingerprint density at radius 1 is 1.17 bits per heavy atom. The van der Waals surface area contributed by atoms with Crippen LogP contribution in [0, 0.1) is 6.92 Å². The number of hydrogen-bond acceptors (Lipinski definition) is 5. The van der Waals surface area contributed by atoms with E-state index in [1.807, 2.05) is 61.7 Å². The summed E-state index contributed by atoms with van der Waals surface area (Å²) < 4.78 is 7.57. The molecule has 158 valence electrons. The number of hydrogen-bond donors (Lipinski definition) is 1. The second-order valence-corrected chi connectivity index (χ2v) is 8.30. The molecule has 1 N–H and O–H groups in total. The first-order valence-corrected chi connectivity index (χ1v) is 11.1. The average Bonchev–Trinajstić information content (AvgIpc) is 3.16. The SMILES string of the molecule is CCCNC(=O)[C@@H](C)Sc1nnc(-c2cccc(C)c2)n1-c1ccc(OCC)cc1. The maximum Gasteiger partial charge on any atom is 0.233 e. The van der Waals surface area contributed by atoms with Crippen LogP contribution >= 0.6 is 11.8 Å². The monoisotopic (exact) mass is 424 g/mol. The molecule has 1 amide bonds. The van der Waals surface area contributed by atoms with Crippen LogP contribution in [-0.4, -0.2) is 39.1 Å². The van der Waals surface area contributed by atoms with E-state index in [0.29, 0.717) is 18.3 Å². The summed E-state index contributed by atoms with van der Waals surface area (Å²) in [6.45, 7) is 9.23. The van der Waals surface area contributed by atoms with Gasteiger partial charge in [0.25, 0.3) is 0 Å². The van der Waals surface area contributed by atoms with Crippen molar-refractivity contribution in [1.29, 1.82) is 0 Å². The smallest absolute Gasteiger partial charge is 0.233 e. The quantitative estimate of drug-likeness (QED) is 0.507. The van der Waals surface area contributed by atoms with Gasteiger partial charge in [-0.25, -0.2) is 0 Å². The Bertz CT molecular complexity index is 985. The van der Waals surface area contributed by atoms with E-state index in [2.05, 4.69) is 34.6 Å². The number of ether oxygens (including phenoxy) is 1. The van der Waals surface area contributed by atoms with Gasteiger partial charge in [-0.2, -0.15) is 0 Å². The first kappa shape index (κ1) is 21.9. The molecule has 2 aromatic carbocycles. The van der Waals surface area contributed by atoms with Gasteiger partial charge in [0, 0.05) is 17.8 Å². The average molecular weight is 425 g/mol. The number of thioether (sulfide) groups is 1. The lowest BCUT2D eigenvalue weighted by Gasteiger charge is -2.14. The Kier molecular flexibility index (Phi) is 7.52. The Labute approximate surface area is 182 Å². The lowest BCUT2D eigenvalue weighted by Crippen LogP contribution is -2.31. The third-order valence-corrected chi connectivity index (χ3v) is 5.56. The highest BCUT2D eigenvalue weighted by Gasteiger charge is 2.21. The van der Waals surface area contributed by atoms with Crippen molar-refractivity contribution in [3.8, 4) is 22.8 Å². The number of aryl methyl sites for hydroxylation is 1. The normalized spacial score (nSPS) is 11.9. The molecule has 0 spiro atoms. The minimum Gasteiger partial charge on any atom is -0.494 e. The lowest BCUT2D eigenvalue weighted by molar-refractivity contribution is -0.120. The first-order valence-electron chi connectivity index (χ1n) is 10.2. The highest BCUT2D eigenvalue weighted by molar-refractivity contribution is 8.00. The van der Waals surface area contributed by atoms with Crippen LogP contribution < -0.4 is 10.1 Å². The zero-order chi connectivity index (χ0) is 21.5. The van der Waals surface area contributed by atoms with Crippen molar-refractivity contribution in [3.05, 3.63) is 54.1 Å². The maximum atomic E-state index is 12.4. The number of amides is 1. The molecule has 0 bridgehead atoms. The second kappa shape index (κ2) is 10.3. The van der Waals surface area contributed by atoms with Gasteiger partial charge in [0.1, 0.15) is 5.75 Å². The molecule has 0 radical (unpaired) electrons. The number of nitrogens with one attached hydrogen (secondary N) is 1. The van der Waals surface area contributed by atoms with Crippen molar-refractivity contribution in [1.82, 2.24) is 20.1 Å². The van der Waals surface area contributed by atoms with Crippen LogP contribution in [0.15, 0.2) is 53.7 Å². The van der Waals surface area contributed by atoms with Crippen LogP contribution in [-0.2, 0) is 4.79 Å². The van der Waals surface area contributed by atoms with Crippen LogP contribution in [0.5, 0.6) is 5.75 Å². The van der Waals surface area contributed by atoms with Crippen LogP contribution in [0.25, 0.3) is 17.1 Å².